The second-order valence-electron chi connectivity index (χ2n) is 6.23. The molecule has 110 valence electrons. The average Bonchev–Trinajstić information content (AvgIpc) is 3.02. The van der Waals surface area contributed by atoms with Crippen LogP contribution in [0.15, 0.2) is 54.6 Å². The molecule has 3 aromatic rings. The van der Waals surface area contributed by atoms with Gasteiger partial charge in [-0.15, -0.1) is 10.2 Å². The Morgan fingerprint density at radius 3 is 2.41 bits per heavy atom. The van der Waals surface area contributed by atoms with E-state index in [1.54, 1.807) is 0 Å². The summed E-state index contributed by atoms with van der Waals surface area (Å²) in [6, 6.07) is 18.9. The maximum Gasteiger partial charge on any atom is 0.165 e. The minimum Gasteiger partial charge on any atom is -0.301 e. The predicted octanol–water partition coefficient (Wildman–Crippen LogP) is 4.29. The Hall–Kier alpha value is -2.42. The van der Waals surface area contributed by atoms with Gasteiger partial charge in [-0.25, -0.2) is 0 Å². The summed E-state index contributed by atoms with van der Waals surface area (Å²) in [5.41, 5.74) is 3.72. The summed E-state index contributed by atoms with van der Waals surface area (Å²) >= 11 is 0. The molecule has 2 heterocycles. The maximum atomic E-state index is 4.53. The zero-order valence-corrected chi connectivity index (χ0v) is 13.0. The van der Waals surface area contributed by atoms with Crippen LogP contribution in [0.25, 0.3) is 22.8 Å². The quantitative estimate of drug-likeness (QED) is 0.704. The van der Waals surface area contributed by atoms with Gasteiger partial charge in [0, 0.05) is 16.7 Å². The van der Waals surface area contributed by atoms with E-state index in [9.17, 15) is 0 Å². The van der Waals surface area contributed by atoms with E-state index in [-0.39, 0.29) is 5.54 Å². The third-order valence-electron chi connectivity index (χ3n) is 4.83. The van der Waals surface area contributed by atoms with E-state index in [1.165, 1.54) is 11.1 Å². The summed E-state index contributed by atoms with van der Waals surface area (Å²) < 4.78 is 2.34. The number of nitrogens with zero attached hydrogens (tertiary/aromatic N) is 3. The van der Waals surface area contributed by atoms with Gasteiger partial charge in [-0.3, -0.25) is 0 Å². The molecule has 3 nitrogen and oxygen atoms in total. The predicted molar refractivity (Wildman–Crippen MR) is 88.5 cm³/mol. The Bertz CT molecular complexity index is 806. The van der Waals surface area contributed by atoms with Crippen LogP contribution < -0.4 is 0 Å². The van der Waals surface area contributed by atoms with Crippen LogP contribution in [0.2, 0.25) is 0 Å². The van der Waals surface area contributed by atoms with E-state index in [0.29, 0.717) is 0 Å². The molecule has 0 saturated heterocycles. The van der Waals surface area contributed by atoms with Crippen LogP contribution in [-0.4, -0.2) is 14.8 Å². The fraction of sp³-hybridized carbons (Fsp3) is 0.263. The summed E-state index contributed by atoms with van der Waals surface area (Å²) in [6.07, 6.45) is 2.07. The van der Waals surface area contributed by atoms with Crippen molar-refractivity contribution < 1.29 is 0 Å². The Balaban J connectivity index is 2.00. The van der Waals surface area contributed by atoms with E-state index >= 15 is 0 Å². The summed E-state index contributed by atoms with van der Waals surface area (Å²) in [5, 5.41) is 9.05. The van der Waals surface area contributed by atoms with Gasteiger partial charge in [0.15, 0.2) is 11.6 Å². The number of benzene rings is 2. The summed E-state index contributed by atoms with van der Waals surface area (Å²) in [7, 11) is 0. The van der Waals surface area contributed by atoms with Crippen molar-refractivity contribution in [2.24, 2.45) is 0 Å². The highest BCUT2D eigenvalue weighted by molar-refractivity contribution is 5.68. The molecule has 0 N–H and O–H groups in total. The monoisotopic (exact) mass is 289 g/mol. The first-order chi connectivity index (χ1) is 10.7. The standard InChI is InChI=1S/C19H19N3/c1-3-19(2)13-15-11-7-8-12-16(15)18-21-20-17(22(18)19)14-9-5-4-6-10-14/h4-12H,3,13H2,1-2H3. The average molecular weight is 289 g/mol. The maximum absolute atomic E-state index is 4.53. The van der Waals surface area contributed by atoms with Crippen molar-refractivity contribution in [1.29, 1.82) is 0 Å². The van der Waals surface area contributed by atoms with Gasteiger partial charge in [-0.2, -0.15) is 0 Å². The number of hydrogen-bond acceptors (Lipinski definition) is 2. The summed E-state index contributed by atoms with van der Waals surface area (Å²) in [4.78, 5) is 0. The van der Waals surface area contributed by atoms with Gasteiger partial charge in [0.05, 0.1) is 0 Å². The van der Waals surface area contributed by atoms with Crippen molar-refractivity contribution in [3.63, 3.8) is 0 Å². The van der Waals surface area contributed by atoms with Crippen molar-refractivity contribution in [1.82, 2.24) is 14.8 Å². The van der Waals surface area contributed by atoms with Crippen LogP contribution >= 0.6 is 0 Å². The molecule has 0 spiro atoms. The first-order valence-corrected chi connectivity index (χ1v) is 7.82. The van der Waals surface area contributed by atoms with Gasteiger partial charge in [0.2, 0.25) is 0 Å². The van der Waals surface area contributed by atoms with E-state index in [0.717, 1.165) is 30.1 Å². The number of fused-ring (bicyclic) bond motifs is 3. The molecule has 22 heavy (non-hydrogen) atoms. The van der Waals surface area contributed by atoms with Crippen molar-refractivity contribution in [2.45, 2.75) is 32.2 Å². The van der Waals surface area contributed by atoms with Gasteiger partial charge < -0.3 is 4.57 Å². The molecular weight excluding hydrogens is 270 g/mol. The molecule has 1 aliphatic heterocycles. The Morgan fingerprint density at radius 2 is 1.64 bits per heavy atom. The molecule has 0 aliphatic carbocycles. The van der Waals surface area contributed by atoms with Crippen LogP contribution in [0.3, 0.4) is 0 Å². The molecule has 0 saturated carbocycles. The molecule has 1 aromatic heterocycles. The van der Waals surface area contributed by atoms with E-state index in [1.807, 2.05) is 6.07 Å². The van der Waals surface area contributed by atoms with Crippen molar-refractivity contribution in [2.75, 3.05) is 0 Å². The lowest BCUT2D eigenvalue weighted by Gasteiger charge is -2.37. The van der Waals surface area contributed by atoms with Crippen molar-refractivity contribution in [3.8, 4) is 22.8 Å². The van der Waals surface area contributed by atoms with Crippen LogP contribution in [-0.2, 0) is 12.0 Å². The molecule has 1 unspecified atom stereocenters. The minimum absolute atomic E-state index is 0.0123. The second kappa shape index (κ2) is 4.80. The smallest absolute Gasteiger partial charge is 0.165 e. The third-order valence-corrected chi connectivity index (χ3v) is 4.83. The fourth-order valence-electron chi connectivity index (χ4n) is 3.41. The Labute approximate surface area is 130 Å². The first-order valence-electron chi connectivity index (χ1n) is 7.82. The zero-order valence-electron chi connectivity index (χ0n) is 13.0. The largest absolute Gasteiger partial charge is 0.301 e. The van der Waals surface area contributed by atoms with E-state index in [2.05, 4.69) is 77.1 Å². The second-order valence-corrected chi connectivity index (χ2v) is 6.23. The Kier molecular flexibility index (Phi) is 2.89. The molecule has 4 rings (SSSR count). The highest BCUT2D eigenvalue weighted by Gasteiger charge is 2.36. The Morgan fingerprint density at radius 1 is 0.955 bits per heavy atom. The van der Waals surface area contributed by atoms with Gasteiger partial charge in [-0.1, -0.05) is 61.5 Å². The molecule has 1 atom stereocenters. The molecule has 0 amide bonds. The van der Waals surface area contributed by atoms with Gasteiger partial charge in [0.25, 0.3) is 0 Å². The molecule has 0 radical (unpaired) electrons. The third kappa shape index (κ3) is 1.82. The highest BCUT2D eigenvalue weighted by atomic mass is 15.3. The lowest BCUT2D eigenvalue weighted by Crippen LogP contribution is -2.36. The molecule has 3 heteroatoms. The van der Waals surface area contributed by atoms with Crippen LogP contribution in [0, 0.1) is 0 Å². The lowest BCUT2D eigenvalue weighted by atomic mass is 9.83. The topological polar surface area (TPSA) is 30.7 Å². The van der Waals surface area contributed by atoms with E-state index in [4.69, 9.17) is 0 Å². The summed E-state index contributed by atoms with van der Waals surface area (Å²) in [6.45, 7) is 4.55. The fourth-order valence-corrected chi connectivity index (χ4v) is 3.41. The normalized spacial score (nSPS) is 19.5. The van der Waals surface area contributed by atoms with Crippen molar-refractivity contribution >= 4 is 0 Å². The molecule has 2 aromatic carbocycles. The summed E-state index contributed by atoms with van der Waals surface area (Å²) in [5.74, 6) is 1.96. The number of aromatic nitrogens is 3. The molecule has 0 bridgehead atoms. The number of rotatable bonds is 2. The van der Waals surface area contributed by atoms with E-state index < -0.39 is 0 Å². The first kappa shape index (κ1) is 13.3. The van der Waals surface area contributed by atoms with Crippen LogP contribution in [0.1, 0.15) is 25.8 Å². The highest BCUT2D eigenvalue weighted by Crippen LogP contribution is 2.41. The minimum atomic E-state index is 0.0123. The molecular formula is C19H19N3. The number of hydrogen-bond donors (Lipinski definition) is 0. The van der Waals surface area contributed by atoms with Gasteiger partial charge >= 0.3 is 0 Å². The van der Waals surface area contributed by atoms with Gasteiger partial charge in [-0.05, 0) is 25.3 Å². The van der Waals surface area contributed by atoms with Crippen LogP contribution in [0.4, 0.5) is 0 Å². The SMILES string of the molecule is CCC1(C)Cc2ccccc2-c2nnc(-c3ccccc3)n21. The van der Waals surface area contributed by atoms with Crippen molar-refractivity contribution in [3.05, 3.63) is 60.2 Å². The molecule has 0 fully saturated rings. The lowest BCUT2D eigenvalue weighted by molar-refractivity contribution is 0.302. The molecule has 1 aliphatic rings. The van der Waals surface area contributed by atoms with Gasteiger partial charge in [0.1, 0.15) is 0 Å². The van der Waals surface area contributed by atoms with Crippen LogP contribution in [0.5, 0.6) is 0 Å². The zero-order chi connectivity index (χ0) is 15.2.